The van der Waals surface area contributed by atoms with Crippen LogP contribution in [0, 0.1) is 0 Å². The maximum atomic E-state index is 13.3. The van der Waals surface area contributed by atoms with Crippen LogP contribution in [0.4, 0.5) is 0 Å². The van der Waals surface area contributed by atoms with Gasteiger partial charge < -0.3 is 15.0 Å². The molecule has 1 unspecified atom stereocenters. The number of likely N-dealkylation sites (N-methyl/N-ethyl adjacent to an activating group) is 1. The Hall–Kier alpha value is -3.12. The van der Waals surface area contributed by atoms with E-state index in [1.165, 1.54) is 0 Å². The van der Waals surface area contributed by atoms with Gasteiger partial charge in [-0.1, -0.05) is 18.2 Å². The predicted octanol–water partition coefficient (Wildman–Crippen LogP) is 2.98. The fourth-order valence-corrected chi connectivity index (χ4v) is 3.53. The van der Waals surface area contributed by atoms with E-state index in [4.69, 9.17) is 9.84 Å². The monoisotopic (exact) mass is 376 g/mol. The molecule has 1 atom stereocenters. The second-order valence-corrected chi connectivity index (χ2v) is 6.96. The number of aromatic nitrogens is 2. The lowest BCUT2D eigenvalue weighted by atomic mass is 10.1. The normalized spacial score (nSPS) is 16.1. The zero-order valence-electron chi connectivity index (χ0n) is 16.1. The van der Waals surface area contributed by atoms with Crippen molar-refractivity contribution >= 4 is 5.91 Å². The standard InChI is InChI=1S/C22H24N4O2/c1-25(18-12-13-23-14-18)22(27)20-15-26(17-6-4-3-5-7-17)24-21(20)16-8-10-19(28-2)11-9-16/h3-11,15,18,23H,12-14H2,1-2H3. The first-order valence-corrected chi connectivity index (χ1v) is 9.45. The lowest BCUT2D eigenvalue weighted by Crippen LogP contribution is -2.38. The number of amides is 1. The third-order valence-electron chi connectivity index (χ3n) is 5.23. The molecule has 1 saturated heterocycles. The van der Waals surface area contributed by atoms with Gasteiger partial charge in [0.25, 0.3) is 5.91 Å². The molecule has 0 spiro atoms. The van der Waals surface area contributed by atoms with Crippen LogP contribution in [0.15, 0.2) is 60.8 Å². The Morgan fingerprint density at radius 1 is 1.18 bits per heavy atom. The Bertz CT molecular complexity index is 944. The van der Waals surface area contributed by atoms with Crippen molar-refractivity contribution in [1.82, 2.24) is 20.0 Å². The second kappa shape index (κ2) is 7.86. The first kappa shape index (κ1) is 18.3. The van der Waals surface area contributed by atoms with Crippen LogP contribution in [0.5, 0.6) is 5.75 Å². The molecule has 1 fully saturated rings. The summed E-state index contributed by atoms with van der Waals surface area (Å²) in [4.78, 5) is 15.1. The molecule has 6 nitrogen and oxygen atoms in total. The van der Waals surface area contributed by atoms with Crippen LogP contribution < -0.4 is 10.1 Å². The zero-order valence-corrected chi connectivity index (χ0v) is 16.1. The van der Waals surface area contributed by atoms with Crippen molar-refractivity contribution in [3.63, 3.8) is 0 Å². The number of para-hydroxylation sites is 1. The molecule has 0 saturated carbocycles. The maximum absolute atomic E-state index is 13.3. The summed E-state index contributed by atoms with van der Waals surface area (Å²) < 4.78 is 7.03. The highest BCUT2D eigenvalue weighted by Gasteiger charge is 2.27. The van der Waals surface area contributed by atoms with Crippen molar-refractivity contribution < 1.29 is 9.53 Å². The molecule has 144 valence electrons. The van der Waals surface area contributed by atoms with Crippen LogP contribution in [-0.2, 0) is 0 Å². The molecule has 0 radical (unpaired) electrons. The number of benzene rings is 2. The van der Waals surface area contributed by atoms with Gasteiger partial charge in [-0.2, -0.15) is 5.10 Å². The van der Waals surface area contributed by atoms with E-state index in [1.54, 1.807) is 11.8 Å². The smallest absolute Gasteiger partial charge is 0.257 e. The van der Waals surface area contributed by atoms with E-state index < -0.39 is 0 Å². The first-order chi connectivity index (χ1) is 13.7. The Morgan fingerprint density at radius 3 is 2.57 bits per heavy atom. The number of ether oxygens (including phenoxy) is 1. The van der Waals surface area contributed by atoms with Gasteiger partial charge in [-0.15, -0.1) is 0 Å². The third kappa shape index (κ3) is 3.51. The minimum atomic E-state index is -0.0123. The van der Waals surface area contributed by atoms with E-state index in [2.05, 4.69) is 5.32 Å². The van der Waals surface area contributed by atoms with Crippen LogP contribution in [-0.4, -0.2) is 53.9 Å². The number of nitrogens with one attached hydrogen (secondary N) is 1. The number of hydrogen-bond donors (Lipinski definition) is 1. The predicted molar refractivity (Wildman–Crippen MR) is 109 cm³/mol. The summed E-state index contributed by atoms with van der Waals surface area (Å²) in [6.07, 6.45) is 2.79. The van der Waals surface area contributed by atoms with Gasteiger partial charge in [0.2, 0.25) is 0 Å². The van der Waals surface area contributed by atoms with Crippen LogP contribution in [0.2, 0.25) is 0 Å². The molecule has 2 heterocycles. The highest BCUT2D eigenvalue weighted by molar-refractivity contribution is 6.00. The maximum Gasteiger partial charge on any atom is 0.257 e. The fraction of sp³-hybridized carbons (Fsp3) is 0.273. The average molecular weight is 376 g/mol. The van der Waals surface area contributed by atoms with Gasteiger partial charge in [-0.05, 0) is 49.4 Å². The zero-order chi connectivity index (χ0) is 19.5. The molecule has 1 amide bonds. The van der Waals surface area contributed by atoms with Crippen molar-refractivity contribution in [3.8, 4) is 22.7 Å². The van der Waals surface area contributed by atoms with Crippen molar-refractivity contribution in [3.05, 3.63) is 66.4 Å². The van der Waals surface area contributed by atoms with E-state index in [0.717, 1.165) is 36.5 Å². The number of nitrogens with zero attached hydrogens (tertiary/aromatic N) is 3. The van der Waals surface area contributed by atoms with Gasteiger partial charge in [0.15, 0.2) is 0 Å². The first-order valence-electron chi connectivity index (χ1n) is 9.45. The molecule has 2 aromatic carbocycles. The molecular weight excluding hydrogens is 352 g/mol. The summed E-state index contributed by atoms with van der Waals surface area (Å²) in [5.41, 5.74) is 3.08. The van der Waals surface area contributed by atoms with Gasteiger partial charge in [0.1, 0.15) is 11.4 Å². The summed E-state index contributed by atoms with van der Waals surface area (Å²) in [7, 11) is 3.51. The molecule has 1 aromatic heterocycles. The Kier molecular flexibility index (Phi) is 5.12. The lowest BCUT2D eigenvalue weighted by molar-refractivity contribution is 0.0744. The highest BCUT2D eigenvalue weighted by atomic mass is 16.5. The average Bonchev–Trinajstić information content (AvgIpc) is 3.44. The van der Waals surface area contributed by atoms with Crippen LogP contribution >= 0.6 is 0 Å². The SMILES string of the molecule is COc1ccc(-c2nn(-c3ccccc3)cc2C(=O)N(C)C2CCNC2)cc1. The van der Waals surface area contributed by atoms with E-state index in [1.807, 2.05) is 72.7 Å². The van der Waals surface area contributed by atoms with Crippen LogP contribution in [0.25, 0.3) is 16.9 Å². The summed E-state index contributed by atoms with van der Waals surface area (Å²) >= 11 is 0. The molecule has 1 aliphatic heterocycles. The fourth-order valence-electron chi connectivity index (χ4n) is 3.53. The third-order valence-corrected chi connectivity index (χ3v) is 5.23. The second-order valence-electron chi connectivity index (χ2n) is 6.96. The Morgan fingerprint density at radius 2 is 1.93 bits per heavy atom. The number of carbonyl (C=O) groups is 1. The van der Waals surface area contributed by atoms with Gasteiger partial charge in [-0.3, -0.25) is 4.79 Å². The summed E-state index contributed by atoms with van der Waals surface area (Å²) in [6.45, 7) is 1.77. The van der Waals surface area contributed by atoms with E-state index in [9.17, 15) is 4.79 Å². The number of methoxy groups -OCH3 is 1. The minimum absolute atomic E-state index is 0.0123. The van der Waals surface area contributed by atoms with Crippen molar-refractivity contribution in [2.75, 3.05) is 27.2 Å². The molecule has 4 rings (SSSR count). The molecule has 28 heavy (non-hydrogen) atoms. The van der Waals surface area contributed by atoms with Crippen LogP contribution in [0.1, 0.15) is 16.8 Å². The highest BCUT2D eigenvalue weighted by Crippen LogP contribution is 2.27. The molecule has 6 heteroatoms. The number of rotatable bonds is 5. The van der Waals surface area contributed by atoms with E-state index in [-0.39, 0.29) is 11.9 Å². The van der Waals surface area contributed by atoms with Crippen molar-refractivity contribution in [2.24, 2.45) is 0 Å². The topological polar surface area (TPSA) is 59.4 Å². The Labute approximate surface area is 164 Å². The molecule has 0 aliphatic carbocycles. The van der Waals surface area contributed by atoms with E-state index in [0.29, 0.717) is 11.3 Å². The van der Waals surface area contributed by atoms with Gasteiger partial charge >= 0.3 is 0 Å². The van der Waals surface area contributed by atoms with E-state index >= 15 is 0 Å². The molecule has 1 aliphatic rings. The largest absolute Gasteiger partial charge is 0.497 e. The van der Waals surface area contributed by atoms with Crippen LogP contribution in [0.3, 0.4) is 0 Å². The Balaban J connectivity index is 1.76. The number of carbonyl (C=O) groups excluding carboxylic acids is 1. The lowest BCUT2D eigenvalue weighted by Gasteiger charge is -2.23. The molecular formula is C22H24N4O2. The van der Waals surface area contributed by atoms with Gasteiger partial charge in [-0.25, -0.2) is 4.68 Å². The minimum Gasteiger partial charge on any atom is -0.497 e. The summed E-state index contributed by atoms with van der Waals surface area (Å²) in [6, 6.07) is 17.7. The quantitative estimate of drug-likeness (QED) is 0.744. The van der Waals surface area contributed by atoms with Gasteiger partial charge in [0, 0.05) is 31.4 Å². The van der Waals surface area contributed by atoms with Crippen molar-refractivity contribution in [2.45, 2.75) is 12.5 Å². The molecule has 0 bridgehead atoms. The molecule has 1 N–H and O–H groups in total. The summed E-state index contributed by atoms with van der Waals surface area (Å²) in [5, 5.41) is 8.07. The van der Waals surface area contributed by atoms with Gasteiger partial charge in [0.05, 0.1) is 18.4 Å². The van der Waals surface area contributed by atoms with Crippen molar-refractivity contribution in [1.29, 1.82) is 0 Å². The number of hydrogen-bond acceptors (Lipinski definition) is 4. The molecule has 3 aromatic rings. The summed E-state index contributed by atoms with van der Waals surface area (Å²) in [5.74, 6) is 0.759.